The Balaban J connectivity index is 1.96. The van der Waals surface area contributed by atoms with E-state index in [2.05, 4.69) is 24.4 Å². The Labute approximate surface area is 132 Å². The van der Waals surface area contributed by atoms with Gasteiger partial charge in [-0.2, -0.15) is 0 Å². The zero-order valence-corrected chi connectivity index (χ0v) is 13.4. The Hall–Kier alpha value is -2.29. The summed E-state index contributed by atoms with van der Waals surface area (Å²) in [7, 11) is 0. The first-order valence-corrected chi connectivity index (χ1v) is 7.68. The van der Waals surface area contributed by atoms with Crippen LogP contribution in [0, 0.1) is 6.92 Å². The number of aryl methyl sites for hydroxylation is 1. The summed E-state index contributed by atoms with van der Waals surface area (Å²) in [6, 6.07) is 15.7. The van der Waals surface area contributed by atoms with Gasteiger partial charge in [-0.05, 0) is 49.1 Å². The zero-order valence-electron chi connectivity index (χ0n) is 13.4. The molecule has 2 aromatic carbocycles. The maximum atomic E-state index is 12.2. The highest BCUT2D eigenvalue weighted by Gasteiger charge is 2.10. The Morgan fingerprint density at radius 2 is 1.91 bits per heavy atom. The van der Waals surface area contributed by atoms with E-state index in [-0.39, 0.29) is 11.8 Å². The number of benzene rings is 2. The van der Waals surface area contributed by atoms with E-state index in [0.717, 1.165) is 11.3 Å². The predicted octanol–water partition coefficient (Wildman–Crippen LogP) is 3.93. The molecule has 0 fully saturated rings. The number of hydrogen-bond donors (Lipinski definition) is 1. The molecule has 0 aliphatic heterocycles. The molecule has 0 heterocycles. The van der Waals surface area contributed by atoms with Crippen LogP contribution in [0.15, 0.2) is 48.5 Å². The number of carbonyl (C=O) groups excluding carboxylic acids is 1. The minimum Gasteiger partial charge on any atom is -0.494 e. The van der Waals surface area contributed by atoms with Gasteiger partial charge in [-0.1, -0.05) is 37.3 Å². The molecule has 0 aliphatic carbocycles. The lowest BCUT2D eigenvalue weighted by Gasteiger charge is -2.14. The zero-order chi connectivity index (χ0) is 15.9. The molecule has 0 radical (unpaired) electrons. The largest absolute Gasteiger partial charge is 0.494 e. The predicted molar refractivity (Wildman–Crippen MR) is 89.5 cm³/mol. The second-order valence-corrected chi connectivity index (χ2v) is 5.44. The van der Waals surface area contributed by atoms with E-state index in [1.165, 1.54) is 5.56 Å². The molecule has 3 nitrogen and oxygen atoms in total. The van der Waals surface area contributed by atoms with Gasteiger partial charge in [-0.25, -0.2) is 0 Å². The first kappa shape index (κ1) is 16.1. The van der Waals surface area contributed by atoms with Crippen molar-refractivity contribution in [2.45, 2.75) is 26.7 Å². The maximum Gasteiger partial charge on any atom is 0.251 e. The molecule has 0 saturated heterocycles. The highest BCUT2D eigenvalue weighted by Crippen LogP contribution is 2.19. The molecule has 3 heteroatoms. The number of ether oxygens (including phenoxy) is 1. The van der Waals surface area contributed by atoms with Gasteiger partial charge in [-0.3, -0.25) is 4.79 Å². The van der Waals surface area contributed by atoms with E-state index < -0.39 is 0 Å². The SMILES string of the molecule is CCOc1ccc(C(=O)NC[C@H](C)c2ccccc2)cc1C. The first-order valence-electron chi connectivity index (χ1n) is 7.68. The van der Waals surface area contributed by atoms with Crippen molar-refractivity contribution in [3.05, 3.63) is 65.2 Å². The van der Waals surface area contributed by atoms with Crippen molar-refractivity contribution >= 4 is 5.91 Å². The van der Waals surface area contributed by atoms with Crippen LogP contribution in [0.5, 0.6) is 5.75 Å². The lowest BCUT2D eigenvalue weighted by molar-refractivity contribution is 0.0951. The number of nitrogens with one attached hydrogen (secondary N) is 1. The standard InChI is InChI=1S/C19H23NO2/c1-4-22-18-11-10-17(12-14(18)2)19(21)20-13-15(3)16-8-6-5-7-9-16/h5-12,15H,4,13H2,1-3H3,(H,20,21)/t15-/m0/s1. The fraction of sp³-hybridized carbons (Fsp3) is 0.316. The van der Waals surface area contributed by atoms with Crippen molar-refractivity contribution in [2.24, 2.45) is 0 Å². The van der Waals surface area contributed by atoms with E-state index >= 15 is 0 Å². The van der Waals surface area contributed by atoms with E-state index in [1.54, 1.807) is 6.07 Å². The average Bonchev–Trinajstić information content (AvgIpc) is 2.55. The van der Waals surface area contributed by atoms with Gasteiger partial charge in [0.25, 0.3) is 5.91 Å². The summed E-state index contributed by atoms with van der Waals surface area (Å²) >= 11 is 0. The molecule has 1 N–H and O–H groups in total. The van der Waals surface area contributed by atoms with Crippen LogP contribution in [0.1, 0.15) is 41.3 Å². The smallest absolute Gasteiger partial charge is 0.251 e. The molecule has 1 atom stereocenters. The fourth-order valence-electron chi connectivity index (χ4n) is 2.36. The second-order valence-electron chi connectivity index (χ2n) is 5.44. The average molecular weight is 297 g/mol. The minimum absolute atomic E-state index is 0.0473. The first-order chi connectivity index (χ1) is 10.6. The Bertz CT molecular complexity index is 623. The highest BCUT2D eigenvalue weighted by molar-refractivity contribution is 5.94. The molecule has 2 rings (SSSR count). The summed E-state index contributed by atoms with van der Waals surface area (Å²) in [4.78, 5) is 12.2. The maximum absolute atomic E-state index is 12.2. The summed E-state index contributed by atoms with van der Waals surface area (Å²) < 4.78 is 5.50. The molecule has 1 amide bonds. The molecular formula is C19H23NO2. The molecule has 0 aromatic heterocycles. The van der Waals surface area contributed by atoms with Crippen LogP contribution < -0.4 is 10.1 Å². The highest BCUT2D eigenvalue weighted by atomic mass is 16.5. The van der Waals surface area contributed by atoms with Gasteiger partial charge in [0, 0.05) is 12.1 Å². The molecular weight excluding hydrogens is 274 g/mol. The molecule has 2 aromatic rings. The van der Waals surface area contributed by atoms with Gasteiger partial charge in [-0.15, -0.1) is 0 Å². The van der Waals surface area contributed by atoms with E-state index in [0.29, 0.717) is 18.7 Å². The molecule has 0 unspecified atom stereocenters. The van der Waals surface area contributed by atoms with Crippen LogP contribution in [-0.4, -0.2) is 19.1 Å². The summed E-state index contributed by atoms with van der Waals surface area (Å²) in [5.74, 6) is 1.07. The lowest BCUT2D eigenvalue weighted by Crippen LogP contribution is -2.27. The van der Waals surface area contributed by atoms with Crippen molar-refractivity contribution in [3.63, 3.8) is 0 Å². The van der Waals surface area contributed by atoms with E-state index in [4.69, 9.17) is 4.74 Å². The molecule has 0 saturated carbocycles. The van der Waals surface area contributed by atoms with E-state index in [1.807, 2.05) is 44.2 Å². The van der Waals surface area contributed by atoms with Gasteiger partial charge >= 0.3 is 0 Å². The topological polar surface area (TPSA) is 38.3 Å². The number of rotatable bonds is 6. The monoisotopic (exact) mass is 297 g/mol. The van der Waals surface area contributed by atoms with Crippen molar-refractivity contribution in [1.29, 1.82) is 0 Å². The molecule has 0 spiro atoms. The van der Waals surface area contributed by atoms with Gasteiger partial charge < -0.3 is 10.1 Å². The molecule has 116 valence electrons. The van der Waals surface area contributed by atoms with Gasteiger partial charge in [0.15, 0.2) is 0 Å². The minimum atomic E-state index is -0.0473. The summed E-state index contributed by atoms with van der Waals surface area (Å²) in [5, 5.41) is 3.00. The van der Waals surface area contributed by atoms with Crippen molar-refractivity contribution in [3.8, 4) is 5.75 Å². The van der Waals surface area contributed by atoms with Crippen LogP contribution in [0.4, 0.5) is 0 Å². The third kappa shape index (κ3) is 4.10. The fourth-order valence-corrected chi connectivity index (χ4v) is 2.36. The van der Waals surface area contributed by atoms with Gasteiger partial charge in [0.05, 0.1) is 6.61 Å². The Morgan fingerprint density at radius 1 is 1.18 bits per heavy atom. The van der Waals surface area contributed by atoms with Crippen molar-refractivity contribution in [2.75, 3.05) is 13.2 Å². The number of hydrogen-bond acceptors (Lipinski definition) is 2. The lowest BCUT2D eigenvalue weighted by atomic mass is 10.0. The molecule has 22 heavy (non-hydrogen) atoms. The second kappa shape index (κ2) is 7.64. The van der Waals surface area contributed by atoms with Crippen LogP contribution in [0.3, 0.4) is 0 Å². The Kier molecular flexibility index (Phi) is 5.59. The van der Waals surface area contributed by atoms with Crippen LogP contribution in [0.2, 0.25) is 0 Å². The van der Waals surface area contributed by atoms with E-state index in [9.17, 15) is 4.79 Å². The van der Waals surface area contributed by atoms with Crippen LogP contribution in [0.25, 0.3) is 0 Å². The quantitative estimate of drug-likeness (QED) is 0.877. The summed E-state index contributed by atoms with van der Waals surface area (Å²) in [6.45, 7) is 7.26. The third-order valence-electron chi connectivity index (χ3n) is 3.67. The van der Waals surface area contributed by atoms with Crippen LogP contribution >= 0.6 is 0 Å². The summed E-state index contributed by atoms with van der Waals surface area (Å²) in [5.41, 5.74) is 2.87. The van der Waals surface area contributed by atoms with Crippen molar-refractivity contribution in [1.82, 2.24) is 5.32 Å². The Morgan fingerprint density at radius 3 is 2.55 bits per heavy atom. The normalized spacial score (nSPS) is 11.8. The van der Waals surface area contributed by atoms with Gasteiger partial charge in [0.2, 0.25) is 0 Å². The third-order valence-corrected chi connectivity index (χ3v) is 3.67. The number of amides is 1. The number of carbonyl (C=O) groups is 1. The van der Waals surface area contributed by atoms with Gasteiger partial charge in [0.1, 0.15) is 5.75 Å². The van der Waals surface area contributed by atoms with Crippen molar-refractivity contribution < 1.29 is 9.53 Å². The molecule has 0 aliphatic rings. The summed E-state index contributed by atoms with van der Waals surface area (Å²) in [6.07, 6.45) is 0. The molecule has 0 bridgehead atoms. The van der Waals surface area contributed by atoms with Crippen LogP contribution in [-0.2, 0) is 0 Å².